The second-order valence-corrected chi connectivity index (χ2v) is 6.33. The third-order valence-electron chi connectivity index (χ3n) is 4.20. The van der Waals surface area contributed by atoms with E-state index in [2.05, 4.69) is 58.3 Å². The van der Waals surface area contributed by atoms with Crippen LogP contribution in [-0.2, 0) is 0 Å². The van der Waals surface area contributed by atoms with Crippen LogP contribution in [0.4, 0.5) is 5.69 Å². The zero-order chi connectivity index (χ0) is 17.8. The molecular formula is C22H17N3S. The molecule has 26 heavy (non-hydrogen) atoms. The number of para-hydroxylation sites is 1. The highest BCUT2D eigenvalue weighted by atomic mass is 32.1. The van der Waals surface area contributed by atoms with Gasteiger partial charge in [-0.2, -0.15) is 5.10 Å². The molecule has 0 amide bonds. The van der Waals surface area contributed by atoms with E-state index in [0.717, 1.165) is 11.3 Å². The molecular weight excluding hydrogens is 338 g/mol. The Kier molecular flexibility index (Phi) is 4.58. The first kappa shape index (κ1) is 16.2. The Labute approximate surface area is 157 Å². The van der Waals surface area contributed by atoms with Crippen molar-refractivity contribution in [3.63, 3.8) is 0 Å². The van der Waals surface area contributed by atoms with Gasteiger partial charge in [-0.1, -0.05) is 66.7 Å². The molecule has 0 unspecified atom stereocenters. The lowest BCUT2D eigenvalue weighted by Crippen LogP contribution is -2.23. The van der Waals surface area contributed by atoms with Crippen molar-refractivity contribution in [1.29, 1.82) is 0 Å². The number of nitrogens with zero attached hydrogens (tertiary/aromatic N) is 1. The lowest BCUT2D eigenvalue weighted by Gasteiger charge is -2.09. The second kappa shape index (κ2) is 7.33. The van der Waals surface area contributed by atoms with Gasteiger partial charge in [0.2, 0.25) is 0 Å². The van der Waals surface area contributed by atoms with Crippen LogP contribution in [0, 0.1) is 0 Å². The Hall–Kier alpha value is -3.24. The molecule has 0 radical (unpaired) electrons. The number of nitrogens with one attached hydrogen (secondary N) is 2. The molecule has 0 fully saturated rings. The van der Waals surface area contributed by atoms with E-state index in [-0.39, 0.29) is 0 Å². The summed E-state index contributed by atoms with van der Waals surface area (Å²) in [6, 6.07) is 28.6. The van der Waals surface area contributed by atoms with Crippen molar-refractivity contribution in [2.45, 2.75) is 0 Å². The first-order valence-electron chi connectivity index (χ1n) is 8.37. The normalized spacial score (nSPS) is 11.1. The molecule has 0 aliphatic heterocycles. The highest BCUT2D eigenvalue weighted by molar-refractivity contribution is 7.80. The molecule has 0 atom stereocenters. The van der Waals surface area contributed by atoms with Crippen LogP contribution < -0.4 is 10.7 Å². The van der Waals surface area contributed by atoms with Gasteiger partial charge in [0.05, 0.1) is 6.21 Å². The molecule has 4 rings (SSSR count). The highest BCUT2D eigenvalue weighted by Gasteiger charge is 2.05. The summed E-state index contributed by atoms with van der Waals surface area (Å²) in [5.74, 6) is 0. The fourth-order valence-electron chi connectivity index (χ4n) is 3.02. The monoisotopic (exact) mass is 355 g/mol. The smallest absolute Gasteiger partial charge is 0.191 e. The van der Waals surface area contributed by atoms with E-state index in [4.69, 9.17) is 12.2 Å². The maximum atomic E-state index is 5.31. The summed E-state index contributed by atoms with van der Waals surface area (Å²) in [5, 5.41) is 12.6. The third kappa shape index (κ3) is 3.41. The zero-order valence-electron chi connectivity index (χ0n) is 14.0. The van der Waals surface area contributed by atoms with Gasteiger partial charge in [-0.3, -0.25) is 5.43 Å². The Bertz CT molecular complexity index is 1050. The second-order valence-electron chi connectivity index (χ2n) is 5.92. The Morgan fingerprint density at radius 1 is 0.769 bits per heavy atom. The predicted molar refractivity (Wildman–Crippen MR) is 115 cm³/mol. The van der Waals surface area contributed by atoms with Gasteiger partial charge in [0.25, 0.3) is 0 Å². The van der Waals surface area contributed by atoms with Gasteiger partial charge in [0, 0.05) is 11.3 Å². The fourth-order valence-corrected chi connectivity index (χ4v) is 3.19. The van der Waals surface area contributed by atoms with Crippen molar-refractivity contribution in [1.82, 2.24) is 5.43 Å². The van der Waals surface area contributed by atoms with E-state index < -0.39 is 0 Å². The molecule has 0 heterocycles. The van der Waals surface area contributed by atoms with Gasteiger partial charge in [-0.15, -0.1) is 0 Å². The number of rotatable bonds is 3. The van der Waals surface area contributed by atoms with Crippen molar-refractivity contribution in [3.8, 4) is 0 Å². The Morgan fingerprint density at radius 3 is 2.00 bits per heavy atom. The molecule has 0 saturated heterocycles. The van der Waals surface area contributed by atoms with Gasteiger partial charge >= 0.3 is 0 Å². The number of thiocarbonyl (C=S) groups is 1. The Morgan fingerprint density at radius 2 is 1.35 bits per heavy atom. The molecule has 4 aromatic rings. The van der Waals surface area contributed by atoms with Crippen molar-refractivity contribution < 1.29 is 0 Å². The van der Waals surface area contributed by atoms with Crippen LogP contribution in [0.2, 0.25) is 0 Å². The lowest BCUT2D eigenvalue weighted by atomic mass is 9.97. The number of hydrogen-bond donors (Lipinski definition) is 2. The van der Waals surface area contributed by atoms with Gasteiger partial charge in [0.15, 0.2) is 5.11 Å². The number of hydrazone groups is 1. The van der Waals surface area contributed by atoms with Gasteiger partial charge in [-0.25, -0.2) is 0 Å². The third-order valence-corrected chi connectivity index (χ3v) is 4.40. The molecule has 3 nitrogen and oxygen atoms in total. The Balaban J connectivity index is 1.63. The molecule has 0 spiro atoms. The average molecular weight is 355 g/mol. The van der Waals surface area contributed by atoms with Gasteiger partial charge in [0.1, 0.15) is 0 Å². The number of anilines is 1. The summed E-state index contributed by atoms with van der Waals surface area (Å²) >= 11 is 5.31. The molecule has 126 valence electrons. The van der Waals surface area contributed by atoms with E-state index in [1.807, 2.05) is 48.7 Å². The summed E-state index contributed by atoms with van der Waals surface area (Å²) in [6.07, 6.45) is 1.84. The molecule has 4 heteroatoms. The van der Waals surface area contributed by atoms with Crippen molar-refractivity contribution in [2.75, 3.05) is 5.32 Å². The van der Waals surface area contributed by atoms with Gasteiger partial charge < -0.3 is 5.32 Å². The van der Waals surface area contributed by atoms with Crippen LogP contribution in [0.15, 0.2) is 90.0 Å². The number of hydrogen-bond acceptors (Lipinski definition) is 2. The van der Waals surface area contributed by atoms with E-state index in [1.165, 1.54) is 21.5 Å². The minimum absolute atomic E-state index is 0.456. The quantitative estimate of drug-likeness (QED) is 0.226. The summed E-state index contributed by atoms with van der Waals surface area (Å²) in [7, 11) is 0. The molecule has 0 saturated carbocycles. The van der Waals surface area contributed by atoms with Crippen LogP contribution in [0.3, 0.4) is 0 Å². The van der Waals surface area contributed by atoms with Crippen molar-refractivity contribution in [3.05, 3.63) is 90.5 Å². The number of fused-ring (bicyclic) bond motifs is 2. The van der Waals surface area contributed by atoms with Crippen molar-refractivity contribution in [2.24, 2.45) is 5.10 Å². The number of benzene rings is 4. The first-order chi connectivity index (χ1) is 12.8. The topological polar surface area (TPSA) is 36.4 Å². The minimum atomic E-state index is 0.456. The molecule has 0 bridgehead atoms. The van der Waals surface area contributed by atoms with E-state index in [1.54, 1.807) is 0 Å². The molecule has 0 aliphatic carbocycles. The molecule has 0 aliphatic rings. The van der Waals surface area contributed by atoms with E-state index in [0.29, 0.717) is 5.11 Å². The van der Waals surface area contributed by atoms with Crippen molar-refractivity contribution >= 4 is 50.8 Å². The maximum absolute atomic E-state index is 5.31. The maximum Gasteiger partial charge on any atom is 0.191 e. The zero-order valence-corrected chi connectivity index (χ0v) is 14.8. The van der Waals surface area contributed by atoms with Gasteiger partial charge in [-0.05, 0) is 52.0 Å². The lowest BCUT2D eigenvalue weighted by molar-refractivity contribution is 1.05. The van der Waals surface area contributed by atoms with Crippen LogP contribution in [0.1, 0.15) is 5.56 Å². The SMILES string of the molecule is S=C(N/N=C/c1c2ccccc2cc2ccccc12)Nc1ccccc1. The minimum Gasteiger partial charge on any atom is -0.331 e. The summed E-state index contributed by atoms with van der Waals surface area (Å²) in [4.78, 5) is 0. The summed E-state index contributed by atoms with van der Waals surface area (Å²) in [5.41, 5.74) is 4.90. The van der Waals surface area contributed by atoms with E-state index >= 15 is 0 Å². The summed E-state index contributed by atoms with van der Waals surface area (Å²) < 4.78 is 0. The fraction of sp³-hybridized carbons (Fsp3) is 0. The highest BCUT2D eigenvalue weighted by Crippen LogP contribution is 2.27. The van der Waals surface area contributed by atoms with Crippen LogP contribution >= 0.6 is 12.2 Å². The van der Waals surface area contributed by atoms with Crippen LogP contribution in [-0.4, -0.2) is 11.3 Å². The first-order valence-corrected chi connectivity index (χ1v) is 8.78. The predicted octanol–water partition coefficient (Wildman–Crippen LogP) is 5.31. The molecule has 2 N–H and O–H groups in total. The molecule has 4 aromatic carbocycles. The van der Waals surface area contributed by atoms with Crippen LogP contribution in [0.5, 0.6) is 0 Å². The standard InChI is InChI=1S/C22H17N3S/c26-22(24-18-10-2-1-3-11-18)25-23-15-21-19-12-6-4-8-16(19)14-17-9-5-7-13-20(17)21/h1-15H,(H2,24,25,26)/b23-15+. The molecule has 0 aromatic heterocycles. The summed E-state index contributed by atoms with van der Waals surface area (Å²) in [6.45, 7) is 0. The average Bonchev–Trinajstić information content (AvgIpc) is 2.68. The largest absolute Gasteiger partial charge is 0.331 e. The van der Waals surface area contributed by atoms with E-state index in [9.17, 15) is 0 Å². The van der Waals surface area contributed by atoms with Crippen LogP contribution in [0.25, 0.3) is 21.5 Å².